The molecule has 2 aromatic rings. The molecular weight excluding hydrogens is 238 g/mol. The third-order valence-electron chi connectivity index (χ3n) is 3.96. The second-order valence-electron chi connectivity index (χ2n) is 5.34. The summed E-state index contributed by atoms with van der Waals surface area (Å²) in [6.07, 6.45) is 5.06. The van der Waals surface area contributed by atoms with Gasteiger partial charge in [0.15, 0.2) is 0 Å². The number of hydrogen-bond donors (Lipinski definition) is 1. The van der Waals surface area contributed by atoms with Gasteiger partial charge in [0.2, 0.25) is 5.95 Å². The van der Waals surface area contributed by atoms with Crippen molar-refractivity contribution in [2.75, 3.05) is 12.3 Å². The van der Waals surface area contributed by atoms with Crippen LogP contribution in [0.25, 0.3) is 11.0 Å². The summed E-state index contributed by atoms with van der Waals surface area (Å²) in [5.74, 6) is 0.611. The standard InChI is InChI=1S/C15H21N3O/c1-11-5-4-7-13-14(11)17-15(16)18(13)9-8-12-6-2-3-10-19-12/h4-5,7,12H,2-3,6,8-10H2,1H3,(H2,16,17). The Labute approximate surface area is 113 Å². The predicted molar refractivity (Wildman–Crippen MR) is 77.1 cm³/mol. The zero-order chi connectivity index (χ0) is 13.2. The molecule has 0 aliphatic carbocycles. The number of aryl methyl sites for hydroxylation is 2. The lowest BCUT2D eigenvalue weighted by molar-refractivity contribution is 0.00906. The predicted octanol–water partition coefficient (Wildman–Crippen LogP) is 2.89. The average Bonchev–Trinajstić information content (AvgIpc) is 2.75. The lowest BCUT2D eigenvalue weighted by Crippen LogP contribution is -2.21. The molecule has 0 spiro atoms. The molecule has 1 aromatic heterocycles. The number of fused-ring (bicyclic) bond motifs is 1. The molecule has 2 N–H and O–H groups in total. The number of hydrogen-bond acceptors (Lipinski definition) is 3. The lowest BCUT2D eigenvalue weighted by atomic mass is 10.1. The number of ether oxygens (including phenoxy) is 1. The van der Waals surface area contributed by atoms with Crippen molar-refractivity contribution in [3.8, 4) is 0 Å². The van der Waals surface area contributed by atoms with Crippen molar-refractivity contribution in [3.05, 3.63) is 23.8 Å². The highest BCUT2D eigenvalue weighted by Gasteiger charge is 2.15. The second-order valence-corrected chi connectivity index (χ2v) is 5.34. The van der Waals surface area contributed by atoms with Gasteiger partial charge in [-0.05, 0) is 44.2 Å². The van der Waals surface area contributed by atoms with E-state index in [1.165, 1.54) is 24.8 Å². The molecule has 1 aromatic carbocycles. The van der Waals surface area contributed by atoms with Gasteiger partial charge in [0.25, 0.3) is 0 Å². The van der Waals surface area contributed by atoms with Crippen LogP contribution in [0.2, 0.25) is 0 Å². The third-order valence-corrected chi connectivity index (χ3v) is 3.96. The van der Waals surface area contributed by atoms with Crippen molar-refractivity contribution >= 4 is 17.0 Å². The van der Waals surface area contributed by atoms with Crippen LogP contribution in [0.4, 0.5) is 5.95 Å². The molecule has 0 saturated carbocycles. The molecule has 1 aliphatic rings. The molecule has 1 unspecified atom stereocenters. The minimum Gasteiger partial charge on any atom is -0.378 e. The van der Waals surface area contributed by atoms with Gasteiger partial charge >= 0.3 is 0 Å². The van der Waals surface area contributed by atoms with Crippen molar-refractivity contribution in [2.24, 2.45) is 0 Å². The molecule has 3 rings (SSSR count). The minimum absolute atomic E-state index is 0.385. The maximum atomic E-state index is 6.05. The molecule has 0 bridgehead atoms. The summed E-state index contributed by atoms with van der Waals surface area (Å²) >= 11 is 0. The van der Waals surface area contributed by atoms with Crippen molar-refractivity contribution in [3.63, 3.8) is 0 Å². The Morgan fingerprint density at radius 3 is 3.11 bits per heavy atom. The number of para-hydroxylation sites is 1. The van der Waals surface area contributed by atoms with Crippen molar-refractivity contribution in [2.45, 2.75) is 45.3 Å². The lowest BCUT2D eigenvalue weighted by Gasteiger charge is -2.22. The maximum Gasteiger partial charge on any atom is 0.201 e. The van der Waals surface area contributed by atoms with Crippen LogP contribution in [0.1, 0.15) is 31.2 Å². The van der Waals surface area contributed by atoms with Gasteiger partial charge < -0.3 is 15.0 Å². The number of nitrogens with zero attached hydrogens (tertiary/aromatic N) is 2. The van der Waals surface area contributed by atoms with Crippen LogP contribution in [0.15, 0.2) is 18.2 Å². The topological polar surface area (TPSA) is 53.1 Å². The first kappa shape index (κ1) is 12.5. The fraction of sp³-hybridized carbons (Fsp3) is 0.533. The number of imidazole rings is 1. The van der Waals surface area contributed by atoms with Crippen molar-refractivity contribution < 1.29 is 4.74 Å². The minimum atomic E-state index is 0.385. The first-order chi connectivity index (χ1) is 9.25. The van der Waals surface area contributed by atoms with Crippen LogP contribution in [0, 0.1) is 6.92 Å². The molecule has 19 heavy (non-hydrogen) atoms. The van der Waals surface area contributed by atoms with Gasteiger partial charge in [0.1, 0.15) is 0 Å². The Balaban J connectivity index is 1.80. The van der Waals surface area contributed by atoms with E-state index in [4.69, 9.17) is 10.5 Å². The summed E-state index contributed by atoms with van der Waals surface area (Å²) in [5, 5.41) is 0. The van der Waals surface area contributed by atoms with E-state index in [1.807, 2.05) is 0 Å². The van der Waals surface area contributed by atoms with E-state index < -0.39 is 0 Å². The molecule has 0 amide bonds. The Morgan fingerprint density at radius 1 is 1.42 bits per heavy atom. The molecule has 1 fully saturated rings. The van der Waals surface area contributed by atoms with E-state index in [1.54, 1.807) is 0 Å². The molecule has 1 aliphatic heterocycles. The van der Waals surface area contributed by atoms with E-state index >= 15 is 0 Å². The Bertz CT molecular complexity index is 570. The van der Waals surface area contributed by atoms with Gasteiger partial charge in [-0.1, -0.05) is 12.1 Å². The van der Waals surface area contributed by atoms with E-state index in [0.29, 0.717) is 12.1 Å². The highest BCUT2D eigenvalue weighted by Crippen LogP contribution is 2.23. The quantitative estimate of drug-likeness (QED) is 0.922. The van der Waals surface area contributed by atoms with Crippen LogP contribution in [-0.4, -0.2) is 22.3 Å². The van der Waals surface area contributed by atoms with Crippen molar-refractivity contribution in [1.82, 2.24) is 9.55 Å². The SMILES string of the molecule is Cc1cccc2c1nc(N)n2CCC1CCCCO1. The molecular formula is C15H21N3O. The highest BCUT2D eigenvalue weighted by molar-refractivity contribution is 5.81. The summed E-state index contributed by atoms with van der Waals surface area (Å²) in [6.45, 7) is 3.86. The summed E-state index contributed by atoms with van der Waals surface area (Å²) < 4.78 is 7.89. The molecule has 1 atom stereocenters. The second kappa shape index (κ2) is 5.21. The first-order valence-electron chi connectivity index (χ1n) is 7.08. The van der Waals surface area contributed by atoms with Crippen LogP contribution < -0.4 is 5.73 Å². The van der Waals surface area contributed by atoms with Gasteiger partial charge in [0, 0.05) is 13.2 Å². The van der Waals surface area contributed by atoms with Crippen LogP contribution in [0.5, 0.6) is 0 Å². The fourth-order valence-electron chi connectivity index (χ4n) is 2.85. The summed E-state index contributed by atoms with van der Waals surface area (Å²) in [7, 11) is 0. The molecule has 102 valence electrons. The third kappa shape index (κ3) is 2.45. The summed E-state index contributed by atoms with van der Waals surface area (Å²) in [4.78, 5) is 4.48. The van der Waals surface area contributed by atoms with Crippen LogP contribution in [-0.2, 0) is 11.3 Å². The van der Waals surface area contributed by atoms with E-state index in [0.717, 1.165) is 30.6 Å². The Hall–Kier alpha value is -1.55. The first-order valence-corrected chi connectivity index (χ1v) is 7.08. The number of benzene rings is 1. The normalized spacial score (nSPS) is 19.9. The summed E-state index contributed by atoms with van der Waals surface area (Å²) in [6, 6.07) is 6.23. The molecule has 4 heteroatoms. The maximum absolute atomic E-state index is 6.05. The largest absolute Gasteiger partial charge is 0.378 e. The highest BCUT2D eigenvalue weighted by atomic mass is 16.5. The van der Waals surface area contributed by atoms with Crippen LogP contribution in [0.3, 0.4) is 0 Å². The van der Waals surface area contributed by atoms with E-state index in [-0.39, 0.29) is 0 Å². The average molecular weight is 259 g/mol. The number of nitrogens with two attached hydrogens (primary N) is 1. The number of aromatic nitrogens is 2. The zero-order valence-corrected chi connectivity index (χ0v) is 11.4. The Morgan fingerprint density at radius 2 is 2.32 bits per heavy atom. The van der Waals surface area contributed by atoms with Gasteiger partial charge in [-0.15, -0.1) is 0 Å². The Kier molecular flexibility index (Phi) is 3.42. The smallest absolute Gasteiger partial charge is 0.201 e. The van der Waals surface area contributed by atoms with Gasteiger partial charge in [-0.3, -0.25) is 0 Å². The fourth-order valence-corrected chi connectivity index (χ4v) is 2.85. The number of rotatable bonds is 3. The number of anilines is 1. The van der Waals surface area contributed by atoms with Gasteiger partial charge in [-0.2, -0.15) is 0 Å². The number of nitrogen functional groups attached to an aromatic ring is 1. The van der Waals surface area contributed by atoms with E-state index in [9.17, 15) is 0 Å². The molecule has 2 heterocycles. The molecule has 0 radical (unpaired) electrons. The van der Waals surface area contributed by atoms with Crippen molar-refractivity contribution in [1.29, 1.82) is 0 Å². The van der Waals surface area contributed by atoms with Gasteiger partial charge in [-0.25, -0.2) is 4.98 Å². The molecule has 4 nitrogen and oxygen atoms in total. The molecule has 1 saturated heterocycles. The van der Waals surface area contributed by atoms with Crippen LogP contribution >= 0.6 is 0 Å². The summed E-state index contributed by atoms with van der Waals surface area (Å²) in [5.41, 5.74) is 9.38. The monoisotopic (exact) mass is 259 g/mol. The van der Waals surface area contributed by atoms with Gasteiger partial charge in [0.05, 0.1) is 17.1 Å². The zero-order valence-electron chi connectivity index (χ0n) is 11.4. The van der Waals surface area contributed by atoms with E-state index in [2.05, 4.69) is 34.7 Å².